The Morgan fingerprint density at radius 1 is 0.892 bits per heavy atom. The minimum atomic E-state index is -0.256. The number of rotatable bonds is 11. The van der Waals surface area contributed by atoms with E-state index in [4.69, 9.17) is 9.47 Å². The fraction of sp³-hybridized carbons (Fsp3) is 0.161. The fourth-order valence-electron chi connectivity index (χ4n) is 3.72. The number of benzene rings is 3. The lowest BCUT2D eigenvalue weighted by molar-refractivity contribution is -0.118. The van der Waals surface area contributed by atoms with E-state index in [1.54, 1.807) is 24.3 Å². The van der Waals surface area contributed by atoms with E-state index in [-0.39, 0.29) is 18.3 Å². The maximum absolute atomic E-state index is 12.7. The van der Waals surface area contributed by atoms with Gasteiger partial charge in [0.2, 0.25) is 0 Å². The summed E-state index contributed by atoms with van der Waals surface area (Å²) in [4.78, 5) is 27.0. The molecule has 0 radical (unpaired) electrons. The molecule has 1 heterocycles. The molecule has 0 aliphatic rings. The van der Waals surface area contributed by atoms with Crippen LogP contribution < -0.4 is 14.8 Å². The Kier molecular flexibility index (Phi) is 8.89. The van der Waals surface area contributed by atoms with Crippen LogP contribution in [0.1, 0.15) is 38.2 Å². The molecule has 4 rings (SSSR count). The number of ether oxygens (including phenoxy) is 2. The molecule has 0 atom stereocenters. The van der Waals surface area contributed by atoms with Crippen LogP contribution in [-0.4, -0.2) is 24.9 Å². The van der Waals surface area contributed by atoms with Crippen molar-refractivity contribution in [3.05, 3.63) is 117 Å². The van der Waals surface area contributed by atoms with Gasteiger partial charge in [-0.1, -0.05) is 60.7 Å². The molecular formula is C31H29NO4S. The van der Waals surface area contributed by atoms with Crippen molar-refractivity contribution in [3.8, 4) is 11.5 Å². The molecule has 0 aliphatic heterocycles. The van der Waals surface area contributed by atoms with Gasteiger partial charge in [-0.15, -0.1) is 11.3 Å². The van der Waals surface area contributed by atoms with E-state index in [1.165, 1.54) is 16.9 Å². The van der Waals surface area contributed by atoms with Gasteiger partial charge >= 0.3 is 0 Å². The molecule has 0 saturated heterocycles. The van der Waals surface area contributed by atoms with E-state index in [1.807, 2.05) is 74.5 Å². The van der Waals surface area contributed by atoms with Crippen LogP contribution in [0.2, 0.25) is 0 Å². The molecule has 0 aliphatic carbocycles. The predicted molar refractivity (Wildman–Crippen MR) is 150 cm³/mol. The first kappa shape index (κ1) is 25.9. The lowest BCUT2D eigenvalue weighted by Crippen LogP contribution is -2.20. The molecule has 0 bridgehead atoms. The number of ketones is 1. The van der Waals surface area contributed by atoms with Crippen LogP contribution in [0.25, 0.3) is 6.08 Å². The molecule has 5 nitrogen and oxygen atoms in total. The van der Waals surface area contributed by atoms with Crippen molar-refractivity contribution in [2.24, 2.45) is 0 Å². The van der Waals surface area contributed by atoms with Gasteiger partial charge in [-0.3, -0.25) is 9.59 Å². The average molecular weight is 512 g/mol. The molecule has 6 heteroatoms. The van der Waals surface area contributed by atoms with E-state index in [9.17, 15) is 9.59 Å². The Labute approximate surface area is 221 Å². The van der Waals surface area contributed by atoms with Crippen LogP contribution in [0, 0.1) is 6.92 Å². The Morgan fingerprint density at radius 3 is 2.46 bits per heavy atom. The molecular weight excluding hydrogens is 482 g/mol. The number of amides is 1. The second-order valence-electron chi connectivity index (χ2n) is 8.42. The number of carbonyl (C=O) groups excluding carboxylic acids is 2. The average Bonchev–Trinajstić information content (AvgIpc) is 3.37. The Hall–Kier alpha value is -4.16. The topological polar surface area (TPSA) is 64.6 Å². The zero-order valence-electron chi connectivity index (χ0n) is 20.9. The van der Waals surface area contributed by atoms with E-state index >= 15 is 0 Å². The molecule has 188 valence electrons. The SMILES string of the molecule is CCOc1cc(/C=C/C(=O)c2ccc(Cc3ccccc3)s2)ccc1OCC(=O)Nc1ccccc1C. The van der Waals surface area contributed by atoms with Crippen molar-refractivity contribution >= 4 is 34.8 Å². The Bertz CT molecular complexity index is 1390. The van der Waals surface area contributed by atoms with Gasteiger partial charge in [0.25, 0.3) is 5.91 Å². The van der Waals surface area contributed by atoms with Gasteiger partial charge in [0.05, 0.1) is 11.5 Å². The number of carbonyl (C=O) groups is 2. The summed E-state index contributed by atoms with van der Waals surface area (Å²) in [6.45, 7) is 4.11. The first-order valence-corrected chi connectivity index (χ1v) is 12.9. The predicted octanol–water partition coefficient (Wildman–Crippen LogP) is 6.96. The zero-order valence-corrected chi connectivity index (χ0v) is 21.7. The third kappa shape index (κ3) is 7.41. The second-order valence-corrected chi connectivity index (χ2v) is 9.59. The first-order valence-electron chi connectivity index (χ1n) is 12.1. The number of aryl methyl sites for hydroxylation is 1. The maximum Gasteiger partial charge on any atom is 0.262 e. The van der Waals surface area contributed by atoms with Crippen LogP contribution in [-0.2, 0) is 11.2 Å². The highest BCUT2D eigenvalue weighted by Gasteiger charge is 2.11. The number of thiophene rings is 1. The van der Waals surface area contributed by atoms with Gasteiger partial charge in [0.1, 0.15) is 0 Å². The molecule has 0 spiro atoms. The number of hydrogen-bond donors (Lipinski definition) is 1. The second kappa shape index (κ2) is 12.7. The van der Waals surface area contributed by atoms with Crippen LogP contribution in [0.5, 0.6) is 11.5 Å². The lowest BCUT2D eigenvalue weighted by Gasteiger charge is -2.13. The van der Waals surface area contributed by atoms with Crippen molar-refractivity contribution in [2.45, 2.75) is 20.3 Å². The highest BCUT2D eigenvalue weighted by molar-refractivity contribution is 7.14. The van der Waals surface area contributed by atoms with Gasteiger partial charge in [0, 0.05) is 17.0 Å². The van der Waals surface area contributed by atoms with Crippen LogP contribution >= 0.6 is 11.3 Å². The van der Waals surface area contributed by atoms with Crippen LogP contribution in [0.15, 0.2) is 91.0 Å². The first-order chi connectivity index (χ1) is 18.0. The van der Waals surface area contributed by atoms with Crippen molar-refractivity contribution in [1.82, 2.24) is 0 Å². The monoisotopic (exact) mass is 511 g/mol. The number of nitrogens with one attached hydrogen (secondary N) is 1. The summed E-state index contributed by atoms with van der Waals surface area (Å²) in [6.07, 6.45) is 4.14. The standard InChI is InChI=1S/C31H29NO4S/c1-3-35-29-20-24(14-17-28(29)36-21-31(34)32-26-12-8-7-9-22(26)2)13-16-27(33)30-18-15-25(37-30)19-23-10-5-4-6-11-23/h4-18,20H,3,19,21H2,1-2H3,(H,32,34)/b16-13+. The quantitative estimate of drug-likeness (QED) is 0.175. The largest absolute Gasteiger partial charge is 0.490 e. The highest BCUT2D eigenvalue weighted by Crippen LogP contribution is 2.29. The summed E-state index contributed by atoms with van der Waals surface area (Å²) >= 11 is 1.51. The van der Waals surface area contributed by atoms with Gasteiger partial charge in [-0.2, -0.15) is 0 Å². The summed E-state index contributed by atoms with van der Waals surface area (Å²) < 4.78 is 11.5. The normalized spacial score (nSPS) is 10.9. The van der Waals surface area contributed by atoms with E-state index in [2.05, 4.69) is 17.4 Å². The third-order valence-corrected chi connectivity index (χ3v) is 6.70. The molecule has 37 heavy (non-hydrogen) atoms. The molecule has 0 unspecified atom stereocenters. The Morgan fingerprint density at radius 2 is 1.68 bits per heavy atom. The van der Waals surface area contributed by atoms with Gasteiger partial charge in [-0.25, -0.2) is 0 Å². The molecule has 1 amide bonds. The number of anilines is 1. The van der Waals surface area contributed by atoms with Crippen molar-refractivity contribution in [2.75, 3.05) is 18.5 Å². The van der Waals surface area contributed by atoms with Crippen molar-refractivity contribution in [1.29, 1.82) is 0 Å². The molecule has 3 aromatic carbocycles. The van der Waals surface area contributed by atoms with Gasteiger partial charge in [0.15, 0.2) is 23.9 Å². The van der Waals surface area contributed by atoms with Gasteiger partial charge < -0.3 is 14.8 Å². The van der Waals surface area contributed by atoms with Crippen molar-refractivity contribution in [3.63, 3.8) is 0 Å². The molecule has 4 aromatic rings. The fourth-order valence-corrected chi connectivity index (χ4v) is 4.68. The number of allylic oxidation sites excluding steroid dienone is 1. The summed E-state index contributed by atoms with van der Waals surface area (Å²) in [5.41, 5.74) is 3.75. The van der Waals surface area contributed by atoms with Gasteiger partial charge in [-0.05, 0) is 66.9 Å². The third-order valence-electron chi connectivity index (χ3n) is 5.60. The maximum atomic E-state index is 12.7. The van der Waals surface area contributed by atoms with Crippen molar-refractivity contribution < 1.29 is 19.1 Å². The molecule has 0 saturated carbocycles. The molecule has 1 N–H and O–H groups in total. The van der Waals surface area contributed by atoms with E-state index in [0.29, 0.717) is 23.0 Å². The molecule has 1 aromatic heterocycles. The molecule has 0 fully saturated rings. The summed E-state index contributed by atoms with van der Waals surface area (Å²) in [5, 5.41) is 2.85. The summed E-state index contributed by atoms with van der Waals surface area (Å²) in [6, 6.07) is 27.0. The van der Waals surface area contributed by atoms with E-state index < -0.39 is 0 Å². The smallest absolute Gasteiger partial charge is 0.262 e. The zero-order chi connectivity index (χ0) is 26.0. The Balaban J connectivity index is 1.37. The summed E-state index contributed by atoms with van der Waals surface area (Å²) in [7, 11) is 0. The van der Waals surface area contributed by atoms with Crippen LogP contribution in [0.4, 0.5) is 5.69 Å². The van der Waals surface area contributed by atoms with Crippen LogP contribution in [0.3, 0.4) is 0 Å². The lowest BCUT2D eigenvalue weighted by atomic mass is 10.1. The summed E-state index contributed by atoms with van der Waals surface area (Å²) in [5.74, 6) is 0.681. The van der Waals surface area contributed by atoms with E-state index in [0.717, 1.165) is 28.1 Å². The minimum absolute atomic E-state index is 0.0459. The number of para-hydroxylation sites is 1. The number of hydrogen-bond acceptors (Lipinski definition) is 5. The minimum Gasteiger partial charge on any atom is -0.490 e. The highest BCUT2D eigenvalue weighted by atomic mass is 32.1.